The molecular formula is C17H22N2. The predicted octanol–water partition coefficient (Wildman–Crippen LogP) is 3.76. The second kappa shape index (κ2) is 5.70. The van der Waals surface area contributed by atoms with Crippen molar-refractivity contribution in [1.29, 1.82) is 0 Å². The Kier molecular flexibility index (Phi) is 3.79. The number of nitrogens with one attached hydrogen (secondary N) is 1. The summed E-state index contributed by atoms with van der Waals surface area (Å²) in [6.45, 7) is 4.48. The monoisotopic (exact) mass is 254 g/mol. The number of pyridine rings is 1. The van der Waals surface area contributed by atoms with Gasteiger partial charge in [-0.2, -0.15) is 0 Å². The van der Waals surface area contributed by atoms with Gasteiger partial charge >= 0.3 is 0 Å². The van der Waals surface area contributed by atoms with Crippen LogP contribution in [0.2, 0.25) is 0 Å². The first kappa shape index (κ1) is 12.6. The third-order valence-corrected chi connectivity index (χ3v) is 4.29. The van der Waals surface area contributed by atoms with Gasteiger partial charge in [0.2, 0.25) is 0 Å². The lowest BCUT2D eigenvalue weighted by atomic mass is 10.1. The predicted molar refractivity (Wildman–Crippen MR) is 80.0 cm³/mol. The first-order chi connectivity index (χ1) is 9.33. The molecule has 0 amide bonds. The van der Waals surface area contributed by atoms with Crippen molar-refractivity contribution in [3.63, 3.8) is 0 Å². The van der Waals surface area contributed by atoms with Crippen molar-refractivity contribution < 1.29 is 0 Å². The number of benzene rings is 1. The Bertz CT molecular complexity index is 544. The molecule has 1 aromatic carbocycles. The third-order valence-electron chi connectivity index (χ3n) is 4.29. The molecule has 100 valence electrons. The van der Waals surface area contributed by atoms with Crippen LogP contribution in [0.3, 0.4) is 0 Å². The summed E-state index contributed by atoms with van der Waals surface area (Å²) in [5, 5.41) is 4.90. The Morgan fingerprint density at radius 1 is 1.21 bits per heavy atom. The average Bonchev–Trinajstić information content (AvgIpc) is 2.85. The Labute approximate surface area is 115 Å². The molecule has 2 atom stereocenters. The molecule has 0 spiro atoms. The second-order valence-corrected chi connectivity index (χ2v) is 5.90. The van der Waals surface area contributed by atoms with Crippen LogP contribution < -0.4 is 5.32 Å². The van der Waals surface area contributed by atoms with E-state index >= 15 is 0 Å². The molecule has 1 aliphatic carbocycles. The van der Waals surface area contributed by atoms with Crippen LogP contribution in [-0.2, 0) is 6.54 Å². The molecule has 0 saturated heterocycles. The Morgan fingerprint density at radius 2 is 2.11 bits per heavy atom. The summed E-state index contributed by atoms with van der Waals surface area (Å²) < 4.78 is 0. The number of para-hydroxylation sites is 1. The molecule has 1 saturated carbocycles. The molecule has 1 aliphatic rings. The summed E-state index contributed by atoms with van der Waals surface area (Å²) in [5.74, 6) is 1.80. The molecule has 0 aliphatic heterocycles. The highest BCUT2D eigenvalue weighted by atomic mass is 14.9. The van der Waals surface area contributed by atoms with E-state index in [0.29, 0.717) is 0 Å². The van der Waals surface area contributed by atoms with Crippen LogP contribution in [0.25, 0.3) is 10.9 Å². The van der Waals surface area contributed by atoms with Gasteiger partial charge in [-0.15, -0.1) is 0 Å². The maximum atomic E-state index is 4.41. The number of nitrogens with zero attached hydrogens (tertiary/aromatic N) is 1. The van der Waals surface area contributed by atoms with Gasteiger partial charge in [0, 0.05) is 18.1 Å². The van der Waals surface area contributed by atoms with E-state index < -0.39 is 0 Å². The van der Waals surface area contributed by atoms with Crippen LogP contribution in [0.4, 0.5) is 0 Å². The van der Waals surface area contributed by atoms with Gasteiger partial charge in [0.1, 0.15) is 0 Å². The van der Waals surface area contributed by atoms with Crippen LogP contribution in [0.5, 0.6) is 0 Å². The van der Waals surface area contributed by atoms with Crippen molar-refractivity contribution >= 4 is 10.9 Å². The summed E-state index contributed by atoms with van der Waals surface area (Å²) in [6, 6.07) is 10.5. The van der Waals surface area contributed by atoms with E-state index in [-0.39, 0.29) is 0 Å². The first-order valence-corrected chi connectivity index (χ1v) is 7.36. The molecule has 2 aromatic rings. The number of rotatable bonds is 4. The molecule has 1 aromatic heterocycles. The highest BCUT2D eigenvalue weighted by molar-refractivity contribution is 5.81. The van der Waals surface area contributed by atoms with Crippen molar-refractivity contribution in [2.45, 2.75) is 32.7 Å². The quantitative estimate of drug-likeness (QED) is 0.898. The fraction of sp³-hybridized carbons (Fsp3) is 0.471. The van der Waals surface area contributed by atoms with Crippen LogP contribution in [0.15, 0.2) is 36.5 Å². The van der Waals surface area contributed by atoms with E-state index in [1.807, 2.05) is 12.3 Å². The molecule has 1 heterocycles. The lowest BCUT2D eigenvalue weighted by Gasteiger charge is -2.12. The van der Waals surface area contributed by atoms with Crippen molar-refractivity contribution in [3.05, 3.63) is 42.1 Å². The average molecular weight is 254 g/mol. The van der Waals surface area contributed by atoms with Crippen LogP contribution >= 0.6 is 0 Å². The van der Waals surface area contributed by atoms with E-state index in [9.17, 15) is 0 Å². The van der Waals surface area contributed by atoms with Gasteiger partial charge in [0.15, 0.2) is 0 Å². The first-order valence-electron chi connectivity index (χ1n) is 7.36. The summed E-state index contributed by atoms with van der Waals surface area (Å²) in [4.78, 5) is 4.41. The minimum Gasteiger partial charge on any atom is -0.312 e. The second-order valence-electron chi connectivity index (χ2n) is 5.90. The summed E-state index contributed by atoms with van der Waals surface area (Å²) in [5.41, 5.74) is 2.45. The van der Waals surface area contributed by atoms with Gasteiger partial charge in [-0.05, 0) is 48.9 Å². The zero-order chi connectivity index (χ0) is 13.1. The fourth-order valence-electron chi connectivity index (χ4n) is 3.23. The minimum atomic E-state index is 0.878. The topological polar surface area (TPSA) is 24.9 Å². The minimum absolute atomic E-state index is 0.878. The molecule has 1 N–H and O–H groups in total. The molecule has 0 radical (unpaired) electrons. The highest BCUT2D eigenvalue weighted by Gasteiger charge is 2.20. The third kappa shape index (κ3) is 2.95. The standard InChI is InChI=1S/C17H22N2/c1-13-6-7-14(10-13)11-18-12-15-8-9-19-17-5-3-2-4-16(15)17/h2-5,8-9,13-14,18H,6-7,10-12H2,1H3. The highest BCUT2D eigenvalue weighted by Crippen LogP contribution is 2.29. The van der Waals surface area contributed by atoms with Gasteiger partial charge in [0.25, 0.3) is 0 Å². The number of fused-ring (bicyclic) bond motifs is 1. The Hall–Kier alpha value is -1.41. The number of hydrogen-bond donors (Lipinski definition) is 1. The molecular weight excluding hydrogens is 232 g/mol. The van der Waals surface area contributed by atoms with Gasteiger partial charge < -0.3 is 5.32 Å². The summed E-state index contributed by atoms with van der Waals surface area (Å²) >= 11 is 0. The van der Waals surface area contributed by atoms with E-state index in [4.69, 9.17) is 0 Å². The SMILES string of the molecule is CC1CCC(CNCc2ccnc3ccccc23)C1. The van der Waals surface area contributed by atoms with Gasteiger partial charge in [-0.1, -0.05) is 31.5 Å². The van der Waals surface area contributed by atoms with Crippen molar-refractivity contribution in [1.82, 2.24) is 10.3 Å². The Balaban J connectivity index is 1.62. The zero-order valence-electron chi connectivity index (χ0n) is 11.6. The zero-order valence-corrected chi connectivity index (χ0v) is 11.6. The Morgan fingerprint density at radius 3 is 2.95 bits per heavy atom. The number of hydrogen-bond acceptors (Lipinski definition) is 2. The summed E-state index contributed by atoms with van der Waals surface area (Å²) in [7, 11) is 0. The van der Waals surface area contributed by atoms with Crippen LogP contribution in [-0.4, -0.2) is 11.5 Å². The smallest absolute Gasteiger partial charge is 0.0705 e. The van der Waals surface area contributed by atoms with Gasteiger partial charge in [-0.3, -0.25) is 4.98 Å². The largest absolute Gasteiger partial charge is 0.312 e. The fourth-order valence-corrected chi connectivity index (χ4v) is 3.23. The van der Waals surface area contributed by atoms with Crippen LogP contribution in [0, 0.1) is 11.8 Å². The molecule has 2 unspecified atom stereocenters. The van der Waals surface area contributed by atoms with E-state index in [1.54, 1.807) is 0 Å². The van der Waals surface area contributed by atoms with Crippen molar-refractivity contribution in [2.24, 2.45) is 11.8 Å². The molecule has 1 fully saturated rings. The molecule has 2 nitrogen and oxygen atoms in total. The lowest BCUT2D eigenvalue weighted by Crippen LogP contribution is -2.21. The number of aromatic nitrogens is 1. The lowest BCUT2D eigenvalue weighted by molar-refractivity contribution is 0.471. The van der Waals surface area contributed by atoms with Gasteiger partial charge in [-0.25, -0.2) is 0 Å². The summed E-state index contributed by atoms with van der Waals surface area (Å²) in [6.07, 6.45) is 6.11. The molecule has 3 rings (SSSR count). The van der Waals surface area contributed by atoms with E-state index in [0.717, 1.165) is 30.4 Å². The normalized spacial score (nSPS) is 23.0. The van der Waals surface area contributed by atoms with Crippen LogP contribution in [0.1, 0.15) is 31.7 Å². The molecule has 2 heteroatoms. The van der Waals surface area contributed by atoms with Gasteiger partial charge in [0.05, 0.1) is 5.52 Å². The molecule has 19 heavy (non-hydrogen) atoms. The van der Waals surface area contributed by atoms with E-state index in [2.05, 4.69) is 41.5 Å². The van der Waals surface area contributed by atoms with E-state index in [1.165, 1.54) is 30.2 Å². The van der Waals surface area contributed by atoms with Crippen molar-refractivity contribution in [3.8, 4) is 0 Å². The molecule has 0 bridgehead atoms. The maximum absolute atomic E-state index is 4.41. The maximum Gasteiger partial charge on any atom is 0.0705 e. The van der Waals surface area contributed by atoms with Crippen molar-refractivity contribution in [2.75, 3.05) is 6.54 Å².